The van der Waals surface area contributed by atoms with Crippen LogP contribution >= 0.6 is 11.3 Å². The Bertz CT molecular complexity index is 1240. The Morgan fingerprint density at radius 3 is 2.34 bits per heavy atom. The van der Waals surface area contributed by atoms with Gasteiger partial charge in [-0.2, -0.15) is 9.50 Å². The zero-order chi connectivity index (χ0) is 20.2. The Hall–Kier alpha value is -3.25. The minimum Gasteiger partial charge on any atom is -0.372 e. The molecule has 0 aliphatic heterocycles. The molecule has 146 valence electrons. The van der Waals surface area contributed by atoms with Gasteiger partial charge in [0.05, 0.1) is 4.53 Å². The van der Waals surface area contributed by atoms with Gasteiger partial charge >= 0.3 is 0 Å². The maximum atomic E-state index is 12.7. The monoisotopic (exact) mass is 402 g/mol. The van der Waals surface area contributed by atoms with E-state index < -0.39 is 0 Å². The highest BCUT2D eigenvalue weighted by Gasteiger charge is 2.09. The van der Waals surface area contributed by atoms with Crippen molar-refractivity contribution in [2.24, 2.45) is 0 Å². The number of hydrogen-bond donors (Lipinski definition) is 0. The Morgan fingerprint density at radius 2 is 1.69 bits per heavy atom. The minimum atomic E-state index is -0.135. The lowest BCUT2D eigenvalue weighted by Gasteiger charge is -2.20. The first-order valence-electron chi connectivity index (χ1n) is 9.67. The lowest BCUT2D eigenvalue weighted by Crippen LogP contribution is -2.23. The van der Waals surface area contributed by atoms with Crippen LogP contribution < -0.4 is 15.0 Å². The standard InChI is InChI=1S/C23H22N4OS/c1-3-26(4-2)19-13-10-18(11-14-19)16-20-22(28)27-23(29-20)24-21(25-27)15-12-17-8-6-5-7-9-17/h5-16H,3-4H2,1-2H3/b15-12+,20-16+. The topological polar surface area (TPSA) is 50.5 Å². The minimum absolute atomic E-state index is 0.135. The number of nitrogens with zero attached hydrogens (tertiary/aromatic N) is 4. The lowest BCUT2D eigenvalue weighted by molar-refractivity contribution is 0.866. The molecular weight excluding hydrogens is 380 g/mol. The van der Waals surface area contributed by atoms with Gasteiger partial charge in [-0.1, -0.05) is 59.9 Å². The molecule has 0 aliphatic carbocycles. The number of aromatic nitrogens is 3. The number of fused-ring (bicyclic) bond motifs is 1. The van der Waals surface area contributed by atoms with Crippen LogP contribution in [0.3, 0.4) is 0 Å². The summed E-state index contributed by atoms with van der Waals surface area (Å²) in [5.74, 6) is 0.535. The van der Waals surface area contributed by atoms with E-state index in [1.165, 1.54) is 21.5 Å². The van der Waals surface area contributed by atoms with Crippen molar-refractivity contribution >= 4 is 40.2 Å². The largest absolute Gasteiger partial charge is 0.372 e. The number of hydrogen-bond acceptors (Lipinski definition) is 5. The van der Waals surface area contributed by atoms with Crippen LogP contribution in [0.25, 0.3) is 23.2 Å². The Kier molecular flexibility index (Phi) is 5.53. The summed E-state index contributed by atoms with van der Waals surface area (Å²) in [4.78, 5) is 20.1. The average Bonchev–Trinajstić information content (AvgIpc) is 3.28. The number of anilines is 1. The molecule has 2 heterocycles. The van der Waals surface area contributed by atoms with Crippen molar-refractivity contribution in [2.75, 3.05) is 18.0 Å². The number of thiazole rings is 1. The van der Waals surface area contributed by atoms with E-state index in [0.717, 1.165) is 24.2 Å². The van der Waals surface area contributed by atoms with Crippen LogP contribution in [0, 0.1) is 0 Å². The van der Waals surface area contributed by atoms with Crippen LogP contribution in [0.15, 0.2) is 59.4 Å². The molecule has 0 spiro atoms. The number of rotatable bonds is 6. The fourth-order valence-corrected chi connectivity index (χ4v) is 4.09. The van der Waals surface area contributed by atoms with Gasteiger partial charge < -0.3 is 4.90 Å². The molecule has 0 bridgehead atoms. The normalized spacial score (nSPS) is 12.3. The predicted octanol–water partition coefficient (Wildman–Crippen LogP) is 3.72. The quantitative estimate of drug-likeness (QED) is 0.493. The van der Waals surface area contributed by atoms with Crippen molar-refractivity contribution in [1.29, 1.82) is 0 Å². The third kappa shape index (κ3) is 4.12. The third-order valence-corrected chi connectivity index (χ3v) is 5.70. The number of benzene rings is 2. The second kappa shape index (κ2) is 8.41. The van der Waals surface area contributed by atoms with E-state index >= 15 is 0 Å². The van der Waals surface area contributed by atoms with Crippen LogP contribution in [-0.4, -0.2) is 27.7 Å². The third-order valence-electron chi connectivity index (χ3n) is 4.74. The summed E-state index contributed by atoms with van der Waals surface area (Å²) in [5, 5.41) is 4.34. The molecular formula is C23H22N4OS. The molecule has 4 aromatic rings. The van der Waals surface area contributed by atoms with Gasteiger partial charge in [-0.25, -0.2) is 0 Å². The van der Waals surface area contributed by atoms with E-state index in [1.54, 1.807) is 0 Å². The molecule has 2 aromatic carbocycles. The molecule has 4 rings (SSSR count). The van der Waals surface area contributed by atoms with Crippen LogP contribution in [-0.2, 0) is 0 Å². The van der Waals surface area contributed by atoms with E-state index in [9.17, 15) is 4.79 Å². The fourth-order valence-electron chi connectivity index (χ4n) is 3.18. The molecule has 2 aromatic heterocycles. The van der Waals surface area contributed by atoms with Gasteiger partial charge in [-0.05, 0) is 49.3 Å². The smallest absolute Gasteiger partial charge is 0.291 e. The first-order valence-corrected chi connectivity index (χ1v) is 10.5. The highest BCUT2D eigenvalue weighted by molar-refractivity contribution is 7.15. The Morgan fingerprint density at radius 1 is 0.966 bits per heavy atom. The van der Waals surface area contributed by atoms with Gasteiger partial charge in [0.1, 0.15) is 0 Å². The molecule has 0 N–H and O–H groups in total. The summed E-state index contributed by atoms with van der Waals surface area (Å²) in [6.45, 7) is 6.23. The van der Waals surface area contributed by atoms with Gasteiger partial charge in [-0.15, -0.1) is 5.10 Å². The zero-order valence-electron chi connectivity index (χ0n) is 16.4. The van der Waals surface area contributed by atoms with E-state index in [2.05, 4.69) is 41.0 Å². The van der Waals surface area contributed by atoms with Crippen LogP contribution in [0.1, 0.15) is 30.8 Å². The van der Waals surface area contributed by atoms with Gasteiger partial charge in [-0.3, -0.25) is 4.79 Å². The second-order valence-corrected chi connectivity index (χ2v) is 7.60. The molecule has 0 atom stereocenters. The maximum absolute atomic E-state index is 12.7. The molecule has 5 nitrogen and oxygen atoms in total. The zero-order valence-corrected chi connectivity index (χ0v) is 17.3. The molecule has 0 fully saturated rings. The summed E-state index contributed by atoms with van der Waals surface area (Å²) >= 11 is 1.36. The van der Waals surface area contributed by atoms with Crippen molar-refractivity contribution in [1.82, 2.24) is 14.6 Å². The van der Waals surface area contributed by atoms with Crippen molar-refractivity contribution in [3.8, 4) is 0 Å². The van der Waals surface area contributed by atoms with Crippen molar-refractivity contribution < 1.29 is 0 Å². The summed E-state index contributed by atoms with van der Waals surface area (Å²) < 4.78 is 2.01. The van der Waals surface area contributed by atoms with Crippen LogP contribution in [0.2, 0.25) is 0 Å². The summed E-state index contributed by atoms with van der Waals surface area (Å²) in [5.41, 5.74) is 3.11. The van der Waals surface area contributed by atoms with Crippen molar-refractivity contribution in [2.45, 2.75) is 13.8 Å². The molecule has 0 saturated carbocycles. The maximum Gasteiger partial charge on any atom is 0.291 e. The fraction of sp³-hybridized carbons (Fsp3) is 0.174. The van der Waals surface area contributed by atoms with Crippen molar-refractivity contribution in [3.63, 3.8) is 0 Å². The molecule has 6 heteroatoms. The Labute approximate surface area is 173 Å². The summed E-state index contributed by atoms with van der Waals surface area (Å²) in [6.07, 6.45) is 5.66. The first-order chi connectivity index (χ1) is 14.2. The predicted molar refractivity (Wildman–Crippen MR) is 121 cm³/mol. The van der Waals surface area contributed by atoms with E-state index in [-0.39, 0.29) is 5.56 Å². The average molecular weight is 403 g/mol. The molecule has 0 radical (unpaired) electrons. The molecule has 29 heavy (non-hydrogen) atoms. The van der Waals surface area contributed by atoms with Gasteiger partial charge in [0, 0.05) is 18.8 Å². The van der Waals surface area contributed by atoms with Gasteiger partial charge in [0.25, 0.3) is 5.56 Å². The highest BCUT2D eigenvalue weighted by Crippen LogP contribution is 2.15. The lowest BCUT2D eigenvalue weighted by atomic mass is 10.2. The molecule has 0 aliphatic rings. The SMILES string of the molecule is CCN(CC)c1ccc(/C=c2/sc3nc(/C=C/c4ccccc4)nn3c2=O)cc1. The molecule has 0 saturated heterocycles. The summed E-state index contributed by atoms with van der Waals surface area (Å²) in [7, 11) is 0. The van der Waals surface area contributed by atoms with E-state index in [4.69, 9.17) is 0 Å². The van der Waals surface area contributed by atoms with E-state index in [0.29, 0.717) is 15.3 Å². The van der Waals surface area contributed by atoms with Crippen molar-refractivity contribution in [3.05, 3.63) is 86.4 Å². The first kappa shape index (κ1) is 19.1. The van der Waals surface area contributed by atoms with Gasteiger partial charge in [0.2, 0.25) is 4.96 Å². The van der Waals surface area contributed by atoms with Gasteiger partial charge in [0.15, 0.2) is 5.82 Å². The molecule has 0 unspecified atom stereocenters. The Balaban J connectivity index is 1.60. The summed E-state index contributed by atoms with van der Waals surface area (Å²) in [6, 6.07) is 18.2. The second-order valence-electron chi connectivity index (χ2n) is 6.59. The van der Waals surface area contributed by atoms with E-state index in [1.807, 2.05) is 60.7 Å². The van der Waals surface area contributed by atoms with Crippen LogP contribution in [0.4, 0.5) is 5.69 Å². The molecule has 0 amide bonds. The van der Waals surface area contributed by atoms with Crippen LogP contribution in [0.5, 0.6) is 0 Å². The highest BCUT2D eigenvalue weighted by atomic mass is 32.1.